The van der Waals surface area contributed by atoms with E-state index in [0.29, 0.717) is 10.3 Å². The first-order valence-corrected chi connectivity index (χ1v) is 8.00. The van der Waals surface area contributed by atoms with Crippen molar-refractivity contribution in [2.24, 2.45) is 0 Å². The van der Waals surface area contributed by atoms with Crippen molar-refractivity contribution in [2.45, 2.75) is 24.8 Å². The molecule has 0 bridgehead atoms. The zero-order valence-electron chi connectivity index (χ0n) is 10.5. The molecule has 1 aromatic carbocycles. The third-order valence-corrected chi connectivity index (χ3v) is 4.87. The van der Waals surface area contributed by atoms with Gasteiger partial charge in [-0.2, -0.15) is 5.10 Å². The van der Waals surface area contributed by atoms with Crippen molar-refractivity contribution < 1.29 is 8.42 Å². The maximum atomic E-state index is 12.2. The maximum Gasteiger partial charge on any atom is 0.264 e. The van der Waals surface area contributed by atoms with Gasteiger partial charge >= 0.3 is 0 Å². The molecule has 0 fully saturated rings. The Labute approximate surface area is 120 Å². The second kappa shape index (κ2) is 5.34. The van der Waals surface area contributed by atoms with Gasteiger partial charge in [0.15, 0.2) is 5.82 Å². The van der Waals surface area contributed by atoms with Crippen LogP contribution in [0.4, 0.5) is 5.82 Å². The van der Waals surface area contributed by atoms with E-state index in [-0.39, 0.29) is 10.9 Å². The lowest BCUT2D eigenvalue weighted by Crippen LogP contribution is -2.14. The number of rotatable bonds is 4. The number of hydrogen-bond donors (Lipinski definition) is 1. The molecule has 0 amide bonds. The number of aromatic nitrogens is 2. The fraction of sp³-hybridized carbons (Fsp3) is 0.250. The quantitative estimate of drug-likeness (QED) is 0.927. The minimum absolute atomic E-state index is 0.182. The Morgan fingerprint density at radius 2 is 1.95 bits per heavy atom. The number of sulfonamides is 1. The average Bonchev–Trinajstić information content (AvgIpc) is 2.77. The Kier molecular flexibility index (Phi) is 3.96. The summed E-state index contributed by atoms with van der Waals surface area (Å²) in [6.07, 6.45) is 1.74. The predicted octanol–water partition coefficient (Wildman–Crippen LogP) is 3.03. The van der Waals surface area contributed by atoms with E-state index in [1.165, 1.54) is 6.07 Å². The van der Waals surface area contributed by atoms with Crippen LogP contribution in [0.15, 0.2) is 45.9 Å². The highest BCUT2D eigenvalue weighted by atomic mass is 79.9. The van der Waals surface area contributed by atoms with Crippen molar-refractivity contribution in [3.63, 3.8) is 0 Å². The van der Waals surface area contributed by atoms with Crippen molar-refractivity contribution in [1.82, 2.24) is 9.78 Å². The summed E-state index contributed by atoms with van der Waals surface area (Å²) in [6, 6.07) is 8.46. The van der Waals surface area contributed by atoms with Gasteiger partial charge in [-0.1, -0.05) is 12.1 Å². The van der Waals surface area contributed by atoms with Gasteiger partial charge in [0.2, 0.25) is 0 Å². The first kappa shape index (κ1) is 14.1. The molecule has 2 rings (SSSR count). The summed E-state index contributed by atoms with van der Waals surface area (Å²) in [5.74, 6) is 0.310. The van der Waals surface area contributed by atoms with Gasteiger partial charge in [0, 0.05) is 22.8 Å². The van der Waals surface area contributed by atoms with Crippen LogP contribution in [-0.2, 0) is 10.0 Å². The van der Waals surface area contributed by atoms with Gasteiger partial charge in [-0.05, 0) is 41.9 Å². The van der Waals surface area contributed by atoms with Crippen LogP contribution in [0.3, 0.4) is 0 Å². The van der Waals surface area contributed by atoms with E-state index in [4.69, 9.17) is 0 Å². The molecule has 1 heterocycles. The molecule has 0 aliphatic rings. The normalized spacial score (nSPS) is 11.8. The molecule has 0 unspecified atom stereocenters. The van der Waals surface area contributed by atoms with Crippen molar-refractivity contribution in [3.8, 4) is 0 Å². The molecular formula is C12H14BrN3O2S. The molecule has 0 aliphatic carbocycles. The lowest BCUT2D eigenvalue weighted by atomic mass is 10.4. The summed E-state index contributed by atoms with van der Waals surface area (Å²) >= 11 is 3.23. The van der Waals surface area contributed by atoms with Crippen molar-refractivity contribution in [3.05, 3.63) is 41.0 Å². The molecule has 1 N–H and O–H groups in total. The highest BCUT2D eigenvalue weighted by Crippen LogP contribution is 2.23. The van der Waals surface area contributed by atoms with Crippen LogP contribution in [0.1, 0.15) is 19.9 Å². The number of nitrogens with zero attached hydrogens (tertiary/aromatic N) is 2. The molecular weight excluding hydrogens is 330 g/mol. The van der Waals surface area contributed by atoms with Gasteiger partial charge in [-0.3, -0.25) is 9.40 Å². The number of anilines is 1. The van der Waals surface area contributed by atoms with Crippen LogP contribution in [0, 0.1) is 0 Å². The highest BCUT2D eigenvalue weighted by Gasteiger charge is 2.18. The summed E-state index contributed by atoms with van der Waals surface area (Å²) in [7, 11) is -3.63. The van der Waals surface area contributed by atoms with Crippen LogP contribution in [0.5, 0.6) is 0 Å². The molecule has 0 radical (unpaired) electrons. The van der Waals surface area contributed by atoms with Gasteiger partial charge in [0.05, 0.1) is 0 Å². The van der Waals surface area contributed by atoms with Crippen LogP contribution in [0.25, 0.3) is 0 Å². The van der Waals surface area contributed by atoms with Crippen molar-refractivity contribution >= 4 is 31.8 Å². The summed E-state index contributed by atoms with van der Waals surface area (Å²) in [6.45, 7) is 3.94. The first-order chi connectivity index (χ1) is 8.90. The minimum atomic E-state index is -3.63. The third-order valence-electron chi connectivity index (χ3n) is 2.50. The lowest BCUT2D eigenvalue weighted by Gasteiger charge is -2.08. The maximum absolute atomic E-state index is 12.2. The first-order valence-electron chi connectivity index (χ1n) is 5.72. The molecule has 19 heavy (non-hydrogen) atoms. The van der Waals surface area contributed by atoms with Crippen LogP contribution in [-0.4, -0.2) is 18.2 Å². The number of benzene rings is 1. The molecule has 0 spiro atoms. The molecule has 0 saturated carbocycles. The second-order valence-electron chi connectivity index (χ2n) is 4.31. The molecule has 0 atom stereocenters. The summed E-state index contributed by atoms with van der Waals surface area (Å²) < 4.78 is 29.1. The number of hydrogen-bond acceptors (Lipinski definition) is 3. The number of halogens is 1. The fourth-order valence-corrected chi connectivity index (χ4v) is 3.54. The summed E-state index contributed by atoms with van der Waals surface area (Å²) in [5.41, 5.74) is 0. The topological polar surface area (TPSA) is 64.0 Å². The van der Waals surface area contributed by atoms with Crippen molar-refractivity contribution in [1.29, 1.82) is 0 Å². The van der Waals surface area contributed by atoms with Crippen LogP contribution < -0.4 is 4.72 Å². The summed E-state index contributed by atoms with van der Waals surface area (Å²) in [5, 5.41) is 4.16. The predicted molar refractivity (Wildman–Crippen MR) is 77.6 cm³/mol. The summed E-state index contributed by atoms with van der Waals surface area (Å²) in [4.78, 5) is 0.189. The van der Waals surface area contributed by atoms with Crippen LogP contribution in [0.2, 0.25) is 0 Å². The van der Waals surface area contributed by atoms with E-state index in [0.717, 1.165) is 0 Å². The molecule has 1 aromatic heterocycles. The van der Waals surface area contributed by atoms with E-state index < -0.39 is 10.0 Å². The highest BCUT2D eigenvalue weighted by molar-refractivity contribution is 9.10. The van der Waals surface area contributed by atoms with E-state index in [9.17, 15) is 8.42 Å². The zero-order chi connectivity index (χ0) is 14.0. The van der Waals surface area contributed by atoms with E-state index >= 15 is 0 Å². The monoisotopic (exact) mass is 343 g/mol. The molecule has 0 saturated heterocycles. The van der Waals surface area contributed by atoms with Gasteiger partial charge in [-0.15, -0.1) is 0 Å². The second-order valence-corrected chi connectivity index (χ2v) is 6.82. The van der Waals surface area contributed by atoms with Gasteiger partial charge < -0.3 is 0 Å². The van der Waals surface area contributed by atoms with E-state index in [1.807, 2.05) is 13.8 Å². The Bertz CT molecular complexity index is 680. The Balaban J connectivity index is 2.29. The molecule has 0 aliphatic heterocycles. The zero-order valence-corrected chi connectivity index (χ0v) is 12.9. The Morgan fingerprint density at radius 1 is 1.26 bits per heavy atom. The van der Waals surface area contributed by atoms with E-state index in [1.54, 1.807) is 35.1 Å². The molecule has 7 heteroatoms. The van der Waals surface area contributed by atoms with Crippen LogP contribution >= 0.6 is 15.9 Å². The Morgan fingerprint density at radius 3 is 2.53 bits per heavy atom. The minimum Gasteiger partial charge on any atom is -0.268 e. The van der Waals surface area contributed by atoms with Crippen molar-refractivity contribution in [2.75, 3.05) is 4.72 Å². The van der Waals surface area contributed by atoms with Gasteiger partial charge in [0.25, 0.3) is 10.0 Å². The SMILES string of the molecule is CC(C)n1ccc(NS(=O)(=O)c2ccccc2Br)n1. The number of nitrogens with one attached hydrogen (secondary N) is 1. The standard InChI is InChI=1S/C12H14BrN3O2S/c1-9(2)16-8-7-12(14-16)15-19(17,18)11-6-4-3-5-10(11)13/h3-9H,1-2H3,(H,14,15). The van der Waals surface area contributed by atoms with Gasteiger partial charge in [-0.25, -0.2) is 8.42 Å². The van der Waals surface area contributed by atoms with E-state index in [2.05, 4.69) is 25.8 Å². The van der Waals surface area contributed by atoms with Gasteiger partial charge in [0.1, 0.15) is 4.90 Å². The Hall–Kier alpha value is -1.34. The average molecular weight is 344 g/mol. The fourth-order valence-electron chi connectivity index (χ4n) is 1.54. The third kappa shape index (κ3) is 3.16. The molecule has 102 valence electrons. The largest absolute Gasteiger partial charge is 0.268 e. The molecule has 5 nitrogen and oxygen atoms in total. The molecule has 2 aromatic rings. The lowest BCUT2D eigenvalue weighted by molar-refractivity contribution is 0.534. The smallest absolute Gasteiger partial charge is 0.264 e.